The van der Waals surface area contributed by atoms with E-state index in [2.05, 4.69) is 36.5 Å². The molecule has 0 radical (unpaired) electrons. The molecule has 0 spiro atoms. The Labute approximate surface area is 152 Å². The van der Waals surface area contributed by atoms with Gasteiger partial charge in [-0.25, -0.2) is 4.98 Å². The van der Waals surface area contributed by atoms with E-state index in [0.29, 0.717) is 11.6 Å². The third-order valence-corrected chi connectivity index (χ3v) is 4.33. The van der Waals surface area contributed by atoms with E-state index in [9.17, 15) is 0 Å². The maximum absolute atomic E-state index is 6.01. The van der Waals surface area contributed by atoms with Gasteiger partial charge in [-0.05, 0) is 47.9 Å². The summed E-state index contributed by atoms with van der Waals surface area (Å²) in [6, 6.07) is 22.1. The van der Waals surface area contributed by atoms with Gasteiger partial charge in [-0.3, -0.25) is 0 Å². The number of nitrogens with zero attached hydrogens (tertiary/aromatic N) is 1. The van der Waals surface area contributed by atoms with E-state index in [4.69, 9.17) is 15.1 Å². The lowest BCUT2D eigenvalue weighted by atomic mass is 10.1. The number of hydrogen-bond donors (Lipinski definition) is 2. The third-order valence-electron chi connectivity index (χ3n) is 4.33. The van der Waals surface area contributed by atoms with Crippen LogP contribution in [0.1, 0.15) is 13.3 Å². The minimum atomic E-state index is 0.580. The summed E-state index contributed by atoms with van der Waals surface area (Å²) in [6.07, 6.45) is 1.04. The van der Waals surface area contributed by atoms with Crippen molar-refractivity contribution in [1.82, 2.24) is 4.98 Å². The standard InChI is InChI=1S/C22H21N3O/c1-2-12-24-19-10-9-17(23)14-18(19)22-25-20-13-16(8-11-21(20)26-22)15-6-4-3-5-7-15/h3-11,13-14,24H,2,12,23H2,1H3. The van der Waals surface area contributed by atoms with Crippen molar-refractivity contribution < 1.29 is 4.42 Å². The fourth-order valence-electron chi connectivity index (χ4n) is 3.01. The SMILES string of the molecule is CCCNc1ccc(N)cc1-c1nc2cc(-c3ccccc3)ccc2o1. The number of hydrogen-bond acceptors (Lipinski definition) is 4. The molecule has 0 saturated carbocycles. The average Bonchev–Trinajstić information content (AvgIpc) is 3.11. The van der Waals surface area contributed by atoms with Crippen molar-refractivity contribution in [3.8, 4) is 22.6 Å². The Morgan fingerprint density at radius 1 is 0.962 bits per heavy atom. The van der Waals surface area contributed by atoms with Gasteiger partial charge in [0.25, 0.3) is 0 Å². The molecule has 0 amide bonds. The van der Waals surface area contributed by atoms with Gasteiger partial charge in [0, 0.05) is 17.9 Å². The molecule has 0 atom stereocenters. The molecule has 4 nitrogen and oxygen atoms in total. The van der Waals surface area contributed by atoms with Crippen molar-refractivity contribution in [2.24, 2.45) is 0 Å². The van der Waals surface area contributed by atoms with Gasteiger partial charge in [-0.2, -0.15) is 0 Å². The molecule has 3 N–H and O–H groups in total. The first-order valence-electron chi connectivity index (χ1n) is 8.84. The van der Waals surface area contributed by atoms with Crippen LogP contribution in [0, 0.1) is 0 Å². The quantitative estimate of drug-likeness (QED) is 0.465. The molecule has 0 aliphatic rings. The molecule has 4 rings (SSSR count). The highest BCUT2D eigenvalue weighted by Crippen LogP contribution is 2.33. The zero-order valence-electron chi connectivity index (χ0n) is 14.7. The average molecular weight is 343 g/mol. The third kappa shape index (κ3) is 3.14. The van der Waals surface area contributed by atoms with Gasteiger partial charge in [0.1, 0.15) is 5.52 Å². The molecule has 4 heteroatoms. The predicted molar refractivity (Wildman–Crippen MR) is 108 cm³/mol. The summed E-state index contributed by atoms with van der Waals surface area (Å²) >= 11 is 0. The monoisotopic (exact) mass is 343 g/mol. The number of oxazole rings is 1. The topological polar surface area (TPSA) is 64.1 Å². The Kier molecular flexibility index (Phi) is 4.32. The maximum atomic E-state index is 6.01. The van der Waals surface area contributed by atoms with E-state index < -0.39 is 0 Å². The summed E-state index contributed by atoms with van der Waals surface area (Å²) in [6.45, 7) is 3.02. The molecule has 3 aromatic carbocycles. The summed E-state index contributed by atoms with van der Waals surface area (Å²) < 4.78 is 6.01. The molecular weight excluding hydrogens is 322 g/mol. The van der Waals surface area contributed by atoms with Crippen molar-refractivity contribution in [1.29, 1.82) is 0 Å². The van der Waals surface area contributed by atoms with Crippen LogP contribution in [-0.2, 0) is 0 Å². The van der Waals surface area contributed by atoms with Gasteiger partial charge in [0.15, 0.2) is 5.58 Å². The lowest BCUT2D eigenvalue weighted by Gasteiger charge is -2.09. The van der Waals surface area contributed by atoms with E-state index in [1.807, 2.05) is 42.5 Å². The number of fused-ring (bicyclic) bond motifs is 1. The molecule has 4 aromatic rings. The second-order valence-corrected chi connectivity index (χ2v) is 6.30. The molecule has 0 aliphatic carbocycles. The van der Waals surface area contributed by atoms with Gasteiger partial charge in [-0.1, -0.05) is 43.3 Å². The van der Waals surface area contributed by atoms with Gasteiger partial charge in [0.05, 0.1) is 5.56 Å². The molecule has 0 bridgehead atoms. The molecule has 0 saturated heterocycles. The molecule has 1 aromatic heterocycles. The Morgan fingerprint density at radius 3 is 2.62 bits per heavy atom. The van der Waals surface area contributed by atoms with E-state index in [-0.39, 0.29) is 0 Å². The van der Waals surface area contributed by atoms with Crippen LogP contribution in [0.4, 0.5) is 11.4 Å². The smallest absolute Gasteiger partial charge is 0.229 e. The van der Waals surface area contributed by atoms with Gasteiger partial charge in [0.2, 0.25) is 5.89 Å². The highest BCUT2D eigenvalue weighted by atomic mass is 16.3. The first-order chi connectivity index (χ1) is 12.7. The molecule has 0 aliphatic heterocycles. The van der Waals surface area contributed by atoms with Crippen molar-refractivity contribution >= 4 is 22.5 Å². The molecule has 0 fully saturated rings. The Hall–Kier alpha value is -3.27. The second-order valence-electron chi connectivity index (χ2n) is 6.30. The minimum Gasteiger partial charge on any atom is -0.436 e. The van der Waals surface area contributed by atoms with Crippen molar-refractivity contribution in [2.75, 3.05) is 17.6 Å². The largest absolute Gasteiger partial charge is 0.436 e. The van der Waals surface area contributed by atoms with Crippen LogP contribution in [0.2, 0.25) is 0 Å². The van der Waals surface area contributed by atoms with Gasteiger partial charge in [-0.15, -0.1) is 0 Å². The Bertz CT molecular complexity index is 1040. The molecule has 130 valence electrons. The van der Waals surface area contributed by atoms with Crippen molar-refractivity contribution in [3.05, 3.63) is 66.7 Å². The van der Waals surface area contributed by atoms with Crippen LogP contribution in [-0.4, -0.2) is 11.5 Å². The predicted octanol–water partition coefficient (Wildman–Crippen LogP) is 5.57. The van der Waals surface area contributed by atoms with Crippen molar-refractivity contribution in [3.63, 3.8) is 0 Å². The number of rotatable bonds is 5. The van der Waals surface area contributed by atoms with Crippen LogP contribution in [0.3, 0.4) is 0 Å². The van der Waals surface area contributed by atoms with E-state index in [1.165, 1.54) is 0 Å². The summed E-state index contributed by atoms with van der Waals surface area (Å²) in [5, 5.41) is 3.41. The number of aromatic nitrogens is 1. The zero-order chi connectivity index (χ0) is 17.9. The minimum absolute atomic E-state index is 0.580. The lowest BCUT2D eigenvalue weighted by molar-refractivity contribution is 0.620. The lowest BCUT2D eigenvalue weighted by Crippen LogP contribution is -2.02. The first kappa shape index (κ1) is 16.2. The number of nitrogens with one attached hydrogen (secondary N) is 1. The highest BCUT2D eigenvalue weighted by molar-refractivity contribution is 5.85. The van der Waals surface area contributed by atoms with Crippen LogP contribution < -0.4 is 11.1 Å². The number of nitrogens with two attached hydrogens (primary N) is 1. The maximum Gasteiger partial charge on any atom is 0.229 e. The zero-order valence-corrected chi connectivity index (χ0v) is 14.7. The van der Waals surface area contributed by atoms with Gasteiger partial charge >= 0.3 is 0 Å². The van der Waals surface area contributed by atoms with Crippen LogP contribution in [0.15, 0.2) is 71.1 Å². The van der Waals surface area contributed by atoms with Gasteiger partial charge < -0.3 is 15.5 Å². The fraction of sp³-hybridized carbons (Fsp3) is 0.136. The summed E-state index contributed by atoms with van der Waals surface area (Å²) in [5.41, 5.74) is 12.4. The molecule has 26 heavy (non-hydrogen) atoms. The molecule has 0 unspecified atom stereocenters. The summed E-state index contributed by atoms with van der Waals surface area (Å²) in [7, 11) is 0. The van der Waals surface area contributed by atoms with Crippen LogP contribution in [0.5, 0.6) is 0 Å². The number of benzene rings is 3. The molecular formula is C22H21N3O. The molecule has 1 heterocycles. The number of nitrogen functional groups attached to an aromatic ring is 1. The normalized spacial score (nSPS) is 11.0. The fourth-order valence-corrected chi connectivity index (χ4v) is 3.01. The Balaban J connectivity index is 1.77. The van der Waals surface area contributed by atoms with Crippen molar-refractivity contribution in [2.45, 2.75) is 13.3 Å². The summed E-state index contributed by atoms with van der Waals surface area (Å²) in [5.74, 6) is 0.580. The second kappa shape index (κ2) is 6.92. The number of anilines is 2. The highest BCUT2D eigenvalue weighted by Gasteiger charge is 2.13. The van der Waals surface area contributed by atoms with E-state index in [1.54, 1.807) is 0 Å². The van der Waals surface area contributed by atoms with E-state index in [0.717, 1.165) is 46.4 Å². The van der Waals surface area contributed by atoms with Crippen LogP contribution >= 0.6 is 0 Å². The van der Waals surface area contributed by atoms with Crippen LogP contribution in [0.25, 0.3) is 33.7 Å². The van der Waals surface area contributed by atoms with E-state index >= 15 is 0 Å². The Morgan fingerprint density at radius 2 is 1.81 bits per heavy atom. The summed E-state index contributed by atoms with van der Waals surface area (Å²) in [4.78, 5) is 4.72. The first-order valence-corrected chi connectivity index (χ1v) is 8.84.